The number of nitrogens with one attached hydrogen (secondary N) is 2. The molecule has 6 nitrogen and oxygen atoms in total. The van der Waals surface area contributed by atoms with Crippen molar-refractivity contribution in [3.8, 4) is 0 Å². The number of amides is 2. The molecule has 104 valence electrons. The van der Waals surface area contributed by atoms with Gasteiger partial charge in [-0.05, 0) is 24.3 Å². The van der Waals surface area contributed by atoms with Crippen molar-refractivity contribution in [1.29, 1.82) is 0 Å². The lowest BCUT2D eigenvalue weighted by Crippen LogP contribution is -2.30. The Kier molecular flexibility index (Phi) is 4.67. The predicted octanol–water partition coefficient (Wildman–Crippen LogP) is 2.21. The number of anilines is 1. The van der Waals surface area contributed by atoms with Crippen LogP contribution in [0.2, 0.25) is 0 Å². The van der Waals surface area contributed by atoms with Crippen LogP contribution in [-0.2, 0) is 6.42 Å². The highest BCUT2D eigenvalue weighted by Crippen LogP contribution is 2.09. The molecule has 2 amide bonds. The molecule has 0 aliphatic rings. The Labute approximate surface area is 119 Å². The van der Waals surface area contributed by atoms with Crippen molar-refractivity contribution in [2.45, 2.75) is 6.42 Å². The van der Waals surface area contributed by atoms with Crippen molar-refractivity contribution in [2.75, 3.05) is 11.9 Å². The molecule has 20 heavy (non-hydrogen) atoms. The van der Waals surface area contributed by atoms with Crippen LogP contribution in [0.3, 0.4) is 0 Å². The van der Waals surface area contributed by atoms with Crippen LogP contribution in [0.5, 0.6) is 0 Å². The van der Waals surface area contributed by atoms with Crippen molar-refractivity contribution in [1.82, 2.24) is 10.3 Å². The summed E-state index contributed by atoms with van der Waals surface area (Å²) in [4.78, 5) is 26.4. The van der Waals surface area contributed by atoms with Gasteiger partial charge in [-0.2, -0.15) is 0 Å². The maximum absolute atomic E-state index is 11.6. The Morgan fingerprint density at radius 2 is 2.00 bits per heavy atom. The average molecular weight is 291 g/mol. The molecule has 0 spiro atoms. The molecule has 0 saturated heterocycles. The summed E-state index contributed by atoms with van der Waals surface area (Å²) in [5.74, 6) is -0.996. The fourth-order valence-electron chi connectivity index (χ4n) is 1.53. The summed E-state index contributed by atoms with van der Waals surface area (Å²) in [6, 6.07) is 5.64. The second kappa shape index (κ2) is 6.67. The zero-order valence-electron chi connectivity index (χ0n) is 10.5. The van der Waals surface area contributed by atoms with Crippen LogP contribution in [0.15, 0.2) is 35.8 Å². The van der Waals surface area contributed by atoms with Crippen LogP contribution >= 0.6 is 11.3 Å². The summed E-state index contributed by atoms with van der Waals surface area (Å²) in [6.45, 7) is 0.493. The number of carboxylic acid groups (broad SMARTS) is 1. The van der Waals surface area contributed by atoms with Crippen LogP contribution in [0.25, 0.3) is 0 Å². The molecule has 0 atom stereocenters. The molecule has 1 aromatic carbocycles. The van der Waals surface area contributed by atoms with Gasteiger partial charge in [0, 0.05) is 30.2 Å². The summed E-state index contributed by atoms with van der Waals surface area (Å²) in [5, 5.41) is 17.0. The van der Waals surface area contributed by atoms with Crippen LogP contribution in [0.1, 0.15) is 15.4 Å². The maximum atomic E-state index is 11.6. The number of carbonyl (C=O) groups excluding carboxylic acids is 1. The van der Waals surface area contributed by atoms with Gasteiger partial charge in [-0.1, -0.05) is 0 Å². The molecule has 1 heterocycles. The fraction of sp³-hybridized carbons (Fsp3) is 0.154. The van der Waals surface area contributed by atoms with E-state index in [-0.39, 0.29) is 11.6 Å². The monoisotopic (exact) mass is 291 g/mol. The molecular weight excluding hydrogens is 278 g/mol. The number of carbonyl (C=O) groups is 2. The Morgan fingerprint density at radius 3 is 2.60 bits per heavy atom. The number of aromatic carboxylic acids is 1. The van der Waals surface area contributed by atoms with E-state index in [0.717, 1.165) is 5.01 Å². The van der Waals surface area contributed by atoms with E-state index < -0.39 is 5.97 Å². The van der Waals surface area contributed by atoms with E-state index in [2.05, 4.69) is 15.6 Å². The highest BCUT2D eigenvalue weighted by molar-refractivity contribution is 7.09. The second-order valence-corrected chi connectivity index (χ2v) is 4.92. The smallest absolute Gasteiger partial charge is 0.335 e. The summed E-state index contributed by atoms with van der Waals surface area (Å²) in [5.41, 5.74) is 0.724. The Bertz CT molecular complexity index is 581. The predicted molar refractivity (Wildman–Crippen MR) is 76.2 cm³/mol. The van der Waals surface area contributed by atoms with Gasteiger partial charge in [0.25, 0.3) is 0 Å². The van der Waals surface area contributed by atoms with Gasteiger partial charge >= 0.3 is 12.0 Å². The minimum Gasteiger partial charge on any atom is -0.478 e. The van der Waals surface area contributed by atoms with Gasteiger partial charge in [-0.15, -0.1) is 11.3 Å². The van der Waals surface area contributed by atoms with Gasteiger partial charge < -0.3 is 15.7 Å². The van der Waals surface area contributed by atoms with E-state index in [1.54, 1.807) is 29.7 Å². The van der Waals surface area contributed by atoms with E-state index in [1.807, 2.05) is 5.38 Å². The van der Waals surface area contributed by atoms with Crippen molar-refractivity contribution >= 4 is 29.0 Å². The lowest BCUT2D eigenvalue weighted by molar-refractivity contribution is 0.0697. The number of nitrogens with zero attached hydrogens (tertiary/aromatic N) is 1. The lowest BCUT2D eigenvalue weighted by Gasteiger charge is -2.07. The lowest BCUT2D eigenvalue weighted by atomic mass is 10.2. The van der Waals surface area contributed by atoms with Crippen LogP contribution in [-0.4, -0.2) is 28.6 Å². The third-order valence-corrected chi connectivity index (χ3v) is 3.34. The Hall–Kier alpha value is -2.41. The number of thiazole rings is 1. The normalized spacial score (nSPS) is 10.0. The molecule has 0 bridgehead atoms. The zero-order valence-corrected chi connectivity index (χ0v) is 11.3. The number of carboxylic acids is 1. The molecule has 2 aromatic rings. The van der Waals surface area contributed by atoms with Crippen LogP contribution < -0.4 is 10.6 Å². The highest BCUT2D eigenvalue weighted by atomic mass is 32.1. The zero-order chi connectivity index (χ0) is 14.4. The molecule has 0 fully saturated rings. The van der Waals surface area contributed by atoms with Crippen molar-refractivity contribution in [2.24, 2.45) is 0 Å². The minimum absolute atomic E-state index is 0.180. The number of hydrogen-bond acceptors (Lipinski definition) is 4. The van der Waals surface area contributed by atoms with E-state index in [4.69, 9.17) is 5.11 Å². The minimum atomic E-state index is -0.996. The number of benzene rings is 1. The van der Waals surface area contributed by atoms with E-state index >= 15 is 0 Å². The quantitative estimate of drug-likeness (QED) is 0.787. The Balaban J connectivity index is 1.77. The fourth-order valence-corrected chi connectivity index (χ4v) is 2.15. The van der Waals surface area contributed by atoms with E-state index in [1.165, 1.54) is 12.1 Å². The number of aromatic nitrogens is 1. The van der Waals surface area contributed by atoms with Crippen molar-refractivity contribution in [3.63, 3.8) is 0 Å². The highest BCUT2D eigenvalue weighted by Gasteiger charge is 2.04. The van der Waals surface area contributed by atoms with E-state index in [9.17, 15) is 9.59 Å². The van der Waals surface area contributed by atoms with Gasteiger partial charge in [0.1, 0.15) is 0 Å². The van der Waals surface area contributed by atoms with Crippen LogP contribution in [0.4, 0.5) is 10.5 Å². The first kappa shape index (κ1) is 14.0. The molecule has 1 aromatic heterocycles. The molecule has 0 unspecified atom stereocenters. The summed E-state index contributed by atoms with van der Waals surface area (Å²) < 4.78 is 0. The first-order chi connectivity index (χ1) is 9.65. The molecule has 2 rings (SSSR count). The summed E-state index contributed by atoms with van der Waals surface area (Å²) in [7, 11) is 0. The molecule has 0 aliphatic heterocycles. The summed E-state index contributed by atoms with van der Waals surface area (Å²) >= 11 is 1.54. The van der Waals surface area contributed by atoms with Gasteiger partial charge in [-0.25, -0.2) is 14.6 Å². The van der Waals surface area contributed by atoms with Crippen LogP contribution in [0, 0.1) is 0 Å². The third-order valence-electron chi connectivity index (χ3n) is 2.50. The molecule has 7 heteroatoms. The molecular formula is C13H13N3O3S. The summed E-state index contributed by atoms with van der Waals surface area (Å²) in [6.07, 6.45) is 2.41. The molecule has 0 radical (unpaired) electrons. The standard InChI is InChI=1S/C13H13N3O3S/c17-12(18)9-1-3-10(4-2-9)16-13(19)15-6-5-11-14-7-8-20-11/h1-4,7-8H,5-6H2,(H,17,18)(H2,15,16,19). The van der Waals surface area contributed by atoms with Crippen molar-refractivity contribution < 1.29 is 14.7 Å². The Morgan fingerprint density at radius 1 is 1.25 bits per heavy atom. The first-order valence-electron chi connectivity index (χ1n) is 5.92. The largest absolute Gasteiger partial charge is 0.478 e. The van der Waals surface area contributed by atoms with E-state index in [0.29, 0.717) is 18.7 Å². The molecule has 3 N–H and O–H groups in total. The average Bonchev–Trinajstić information content (AvgIpc) is 2.92. The number of hydrogen-bond donors (Lipinski definition) is 3. The molecule has 0 aliphatic carbocycles. The second-order valence-electron chi connectivity index (χ2n) is 3.94. The third kappa shape index (κ3) is 4.06. The van der Waals surface area contributed by atoms with Gasteiger partial charge in [0.15, 0.2) is 0 Å². The SMILES string of the molecule is O=C(NCCc1nccs1)Nc1ccc(C(=O)O)cc1. The topological polar surface area (TPSA) is 91.3 Å². The van der Waals surface area contributed by atoms with Gasteiger partial charge in [0.05, 0.1) is 10.6 Å². The number of urea groups is 1. The molecule has 0 saturated carbocycles. The number of rotatable bonds is 5. The first-order valence-corrected chi connectivity index (χ1v) is 6.79. The van der Waals surface area contributed by atoms with Gasteiger partial charge in [-0.3, -0.25) is 0 Å². The maximum Gasteiger partial charge on any atom is 0.335 e. The van der Waals surface area contributed by atoms with Gasteiger partial charge in [0.2, 0.25) is 0 Å². The van der Waals surface area contributed by atoms with Crippen molar-refractivity contribution in [3.05, 3.63) is 46.4 Å².